The summed E-state index contributed by atoms with van der Waals surface area (Å²) in [5, 5.41) is 14.6. The molecule has 1 aliphatic carbocycles. The van der Waals surface area contributed by atoms with Crippen LogP contribution >= 0.6 is 12.2 Å². The number of thiocarbonyl (C=S) groups is 1. The largest absolute Gasteiger partial charge is 0.372 e. The predicted molar refractivity (Wildman–Crippen MR) is 169 cm³/mol. The summed E-state index contributed by atoms with van der Waals surface area (Å²) >= 11 is 5.70. The second-order valence-electron chi connectivity index (χ2n) is 10.8. The molecule has 0 spiro atoms. The molecule has 0 saturated heterocycles. The summed E-state index contributed by atoms with van der Waals surface area (Å²) in [6, 6.07) is 26.2. The van der Waals surface area contributed by atoms with Crippen LogP contribution in [0.25, 0.3) is 22.5 Å². The molecule has 1 unspecified atom stereocenters. The highest BCUT2D eigenvalue weighted by molar-refractivity contribution is 7.80. The zero-order valence-corrected chi connectivity index (χ0v) is 24.7. The van der Waals surface area contributed by atoms with Crippen LogP contribution < -0.4 is 10.5 Å². The zero-order valence-electron chi connectivity index (χ0n) is 23.9. The molecule has 3 aromatic carbocycles. The minimum absolute atomic E-state index is 0.00411. The number of tetrazole rings is 1. The smallest absolute Gasteiger partial charge is 0.258 e. The van der Waals surface area contributed by atoms with Gasteiger partial charge in [0.15, 0.2) is 0 Å². The molecule has 2 heterocycles. The molecule has 5 aromatic rings. The fourth-order valence-electron chi connectivity index (χ4n) is 5.62. The number of rotatable bonds is 7. The lowest BCUT2D eigenvalue weighted by atomic mass is 9.86. The van der Waals surface area contributed by atoms with E-state index >= 15 is 0 Å². The predicted octanol–water partition coefficient (Wildman–Crippen LogP) is 4.90. The van der Waals surface area contributed by atoms with E-state index in [9.17, 15) is 4.79 Å². The maximum atomic E-state index is 14.2. The van der Waals surface area contributed by atoms with Crippen molar-refractivity contribution in [3.05, 3.63) is 106 Å². The van der Waals surface area contributed by atoms with Gasteiger partial charge in [-0.25, -0.2) is 4.98 Å². The lowest BCUT2D eigenvalue weighted by Crippen LogP contribution is -2.38. The van der Waals surface area contributed by atoms with Gasteiger partial charge in [-0.2, -0.15) is 5.21 Å². The molecule has 0 aliphatic heterocycles. The number of aryl methyl sites for hydroxylation is 1. The molecule has 0 fully saturated rings. The average Bonchev–Trinajstić information content (AvgIpc) is 3.57. The number of para-hydroxylation sites is 1. The number of fused-ring (bicyclic) bond motifs is 1. The van der Waals surface area contributed by atoms with E-state index in [1.54, 1.807) is 4.57 Å². The minimum atomic E-state index is -0.00411. The SMILES string of the molecule is CN(C)C(=S)C1CCc2nc(N(C)c3ccccc3)n(Cc3ccc(-c4ccccc4-c4nn[nH]n4)cc3)c(=O)c2C1. The molecule has 42 heavy (non-hydrogen) atoms. The van der Waals surface area contributed by atoms with Crippen molar-refractivity contribution in [3.63, 3.8) is 0 Å². The number of hydrogen-bond donors (Lipinski definition) is 1. The van der Waals surface area contributed by atoms with Gasteiger partial charge in [0.1, 0.15) is 0 Å². The van der Waals surface area contributed by atoms with Gasteiger partial charge in [-0.05, 0) is 53.3 Å². The number of aromatic amines is 1. The Kier molecular flexibility index (Phi) is 7.62. The normalized spacial score (nSPS) is 14.3. The molecule has 212 valence electrons. The fraction of sp³-hybridized carbons (Fsp3) is 0.250. The molecule has 1 aliphatic rings. The number of hydrogen-bond acceptors (Lipinski definition) is 7. The van der Waals surface area contributed by atoms with Gasteiger partial charge < -0.3 is 9.80 Å². The van der Waals surface area contributed by atoms with Gasteiger partial charge in [0.2, 0.25) is 11.8 Å². The summed E-state index contributed by atoms with van der Waals surface area (Å²) in [6.45, 7) is 0.390. The Balaban J connectivity index is 1.38. The van der Waals surface area contributed by atoms with Gasteiger partial charge >= 0.3 is 0 Å². The number of nitrogens with zero attached hydrogens (tertiary/aromatic N) is 7. The van der Waals surface area contributed by atoms with Crippen LogP contribution in [0.1, 0.15) is 23.2 Å². The van der Waals surface area contributed by atoms with E-state index in [1.807, 2.05) is 85.5 Å². The highest BCUT2D eigenvalue weighted by Gasteiger charge is 2.29. The van der Waals surface area contributed by atoms with E-state index in [-0.39, 0.29) is 11.5 Å². The summed E-state index contributed by atoms with van der Waals surface area (Å²) in [5.74, 6) is 1.33. The first-order valence-corrected chi connectivity index (χ1v) is 14.4. The van der Waals surface area contributed by atoms with Crippen LogP contribution in [-0.2, 0) is 19.4 Å². The Bertz CT molecular complexity index is 1770. The average molecular weight is 577 g/mol. The first-order chi connectivity index (χ1) is 20.4. The third kappa shape index (κ3) is 5.33. The first-order valence-electron chi connectivity index (χ1n) is 14.0. The second kappa shape index (κ2) is 11.7. The number of anilines is 2. The maximum Gasteiger partial charge on any atom is 0.258 e. The Morgan fingerprint density at radius 1 is 0.976 bits per heavy atom. The van der Waals surface area contributed by atoms with Crippen molar-refractivity contribution in [2.24, 2.45) is 5.92 Å². The topological polar surface area (TPSA) is 95.8 Å². The molecule has 1 atom stereocenters. The van der Waals surface area contributed by atoms with Crippen LogP contribution in [0.15, 0.2) is 83.7 Å². The number of H-pyrrole nitrogens is 1. The van der Waals surface area contributed by atoms with Gasteiger partial charge in [0.05, 0.1) is 17.2 Å². The molecular weight excluding hydrogens is 544 g/mol. The first kappa shape index (κ1) is 27.5. The number of nitrogens with one attached hydrogen (secondary N) is 1. The van der Waals surface area contributed by atoms with Crippen LogP contribution in [0.4, 0.5) is 11.6 Å². The van der Waals surface area contributed by atoms with Crippen LogP contribution in [0.2, 0.25) is 0 Å². The van der Waals surface area contributed by atoms with E-state index in [0.717, 1.165) is 57.0 Å². The Labute approximate surface area is 249 Å². The number of benzene rings is 3. The molecule has 0 saturated carbocycles. The lowest BCUT2D eigenvalue weighted by molar-refractivity contribution is 0.499. The minimum Gasteiger partial charge on any atom is -0.372 e. The van der Waals surface area contributed by atoms with Gasteiger partial charge in [-0.15, -0.1) is 10.2 Å². The van der Waals surface area contributed by atoms with E-state index in [4.69, 9.17) is 17.2 Å². The van der Waals surface area contributed by atoms with Gasteiger partial charge in [-0.1, -0.05) is 78.9 Å². The number of aromatic nitrogens is 6. The van der Waals surface area contributed by atoms with Crippen LogP contribution in [0.5, 0.6) is 0 Å². The third-order valence-electron chi connectivity index (χ3n) is 7.86. The van der Waals surface area contributed by atoms with Crippen molar-refractivity contribution in [2.75, 3.05) is 26.0 Å². The van der Waals surface area contributed by atoms with Crippen molar-refractivity contribution >= 4 is 28.8 Å². The third-order valence-corrected chi connectivity index (χ3v) is 8.56. The van der Waals surface area contributed by atoms with E-state index < -0.39 is 0 Å². The van der Waals surface area contributed by atoms with Crippen LogP contribution in [-0.4, -0.2) is 61.2 Å². The summed E-state index contributed by atoms with van der Waals surface area (Å²) < 4.78 is 1.80. The standard InChI is InChI=1S/C32H32N8OS/c1-38(2)31(42)23-17-18-28-27(19-23)30(41)40(32(33-28)39(3)24-9-5-4-6-10-24)20-21-13-15-22(16-14-21)25-11-7-8-12-26(25)29-34-36-37-35-29/h4-16,23H,17-20H2,1-3H3,(H,34,35,36,37). The van der Waals surface area contributed by atoms with Crippen molar-refractivity contribution < 1.29 is 0 Å². The fourth-order valence-corrected chi connectivity index (χ4v) is 5.82. The molecule has 0 radical (unpaired) electrons. The van der Waals surface area contributed by atoms with Crippen molar-refractivity contribution in [2.45, 2.75) is 25.8 Å². The molecule has 2 aromatic heterocycles. The highest BCUT2D eigenvalue weighted by Crippen LogP contribution is 2.31. The molecule has 0 amide bonds. The molecule has 1 N–H and O–H groups in total. The van der Waals surface area contributed by atoms with E-state index in [0.29, 0.717) is 24.7 Å². The van der Waals surface area contributed by atoms with Gasteiger partial charge in [0, 0.05) is 43.9 Å². The second-order valence-corrected chi connectivity index (χ2v) is 11.2. The molecule has 9 nitrogen and oxygen atoms in total. The summed E-state index contributed by atoms with van der Waals surface area (Å²) in [4.78, 5) is 24.1. The Morgan fingerprint density at radius 2 is 1.69 bits per heavy atom. The molecule has 6 rings (SSSR count). The lowest BCUT2D eigenvalue weighted by Gasteiger charge is -2.30. The van der Waals surface area contributed by atoms with Crippen molar-refractivity contribution in [1.82, 2.24) is 35.1 Å². The van der Waals surface area contributed by atoms with Crippen molar-refractivity contribution in [1.29, 1.82) is 0 Å². The highest BCUT2D eigenvalue weighted by atomic mass is 32.1. The van der Waals surface area contributed by atoms with Gasteiger partial charge in [0.25, 0.3) is 5.56 Å². The quantitative estimate of drug-likeness (QED) is 0.274. The van der Waals surface area contributed by atoms with Gasteiger partial charge in [-0.3, -0.25) is 9.36 Å². The maximum absolute atomic E-state index is 14.2. The Morgan fingerprint density at radius 3 is 2.38 bits per heavy atom. The summed E-state index contributed by atoms with van der Waals surface area (Å²) in [6.07, 6.45) is 2.23. The van der Waals surface area contributed by atoms with Crippen LogP contribution in [0, 0.1) is 5.92 Å². The summed E-state index contributed by atoms with van der Waals surface area (Å²) in [7, 11) is 5.90. The summed E-state index contributed by atoms with van der Waals surface area (Å²) in [5.41, 5.74) is 6.53. The zero-order chi connectivity index (χ0) is 29.2. The monoisotopic (exact) mass is 576 g/mol. The van der Waals surface area contributed by atoms with Crippen LogP contribution in [0.3, 0.4) is 0 Å². The molecule has 10 heteroatoms. The van der Waals surface area contributed by atoms with Crippen molar-refractivity contribution in [3.8, 4) is 22.5 Å². The molecule has 0 bridgehead atoms. The van der Waals surface area contributed by atoms with E-state index in [2.05, 4.69) is 44.9 Å². The Hall–Kier alpha value is -4.70. The van der Waals surface area contributed by atoms with E-state index in [1.165, 1.54) is 0 Å². The molecular formula is C32H32N8OS.